The molecule has 72 valence electrons. The number of hydrogen-bond acceptors (Lipinski definition) is 2. The summed E-state index contributed by atoms with van der Waals surface area (Å²) >= 11 is 0. The van der Waals surface area contributed by atoms with Gasteiger partial charge in [0.05, 0.1) is 6.10 Å². The van der Waals surface area contributed by atoms with Crippen LogP contribution in [0.1, 0.15) is 26.7 Å². The average molecular weight is 171 g/mol. The molecule has 0 unspecified atom stereocenters. The van der Waals surface area contributed by atoms with E-state index in [4.69, 9.17) is 4.74 Å². The fraction of sp³-hybridized carbons (Fsp3) is 1.00. The summed E-state index contributed by atoms with van der Waals surface area (Å²) in [5.41, 5.74) is 0. The van der Waals surface area contributed by atoms with Crippen LogP contribution in [0.25, 0.3) is 0 Å². The van der Waals surface area contributed by atoms with Gasteiger partial charge in [0.15, 0.2) is 0 Å². The first kappa shape index (κ1) is 10.0. The molecule has 0 aromatic rings. The maximum Gasteiger partial charge on any atom is 0.0698 e. The zero-order valence-corrected chi connectivity index (χ0v) is 8.55. The summed E-state index contributed by atoms with van der Waals surface area (Å²) in [5, 5.41) is 0. The molecule has 1 saturated heterocycles. The van der Waals surface area contributed by atoms with Gasteiger partial charge in [-0.3, -0.25) is 0 Å². The highest BCUT2D eigenvalue weighted by atomic mass is 16.5. The van der Waals surface area contributed by atoms with Gasteiger partial charge in [-0.1, -0.05) is 13.8 Å². The van der Waals surface area contributed by atoms with Crippen molar-refractivity contribution in [1.29, 1.82) is 0 Å². The van der Waals surface area contributed by atoms with Gasteiger partial charge in [0.1, 0.15) is 0 Å². The van der Waals surface area contributed by atoms with Crippen molar-refractivity contribution in [2.45, 2.75) is 32.8 Å². The first-order valence-electron chi connectivity index (χ1n) is 4.97. The molecular weight excluding hydrogens is 150 g/mol. The van der Waals surface area contributed by atoms with Crippen LogP contribution in [0.3, 0.4) is 0 Å². The van der Waals surface area contributed by atoms with E-state index in [0.717, 1.165) is 12.5 Å². The lowest BCUT2D eigenvalue weighted by Gasteiger charge is -2.32. The molecule has 1 aliphatic rings. The van der Waals surface area contributed by atoms with Crippen LogP contribution in [0, 0.1) is 5.92 Å². The number of likely N-dealkylation sites (tertiary alicyclic amines) is 1. The molecule has 12 heavy (non-hydrogen) atoms. The summed E-state index contributed by atoms with van der Waals surface area (Å²) in [6, 6.07) is 0. The number of methoxy groups -OCH3 is 1. The van der Waals surface area contributed by atoms with Crippen LogP contribution >= 0.6 is 0 Å². The second kappa shape index (κ2) is 4.83. The summed E-state index contributed by atoms with van der Waals surface area (Å²) in [6.07, 6.45) is 3.02. The molecule has 0 aromatic carbocycles. The zero-order valence-electron chi connectivity index (χ0n) is 8.55. The molecule has 0 aliphatic carbocycles. The topological polar surface area (TPSA) is 12.5 Å². The minimum atomic E-state index is 0.484. The van der Waals surface area contributed by atoms with Crippen molar-refractivity contribution < 1.29 is 4.74 Å². The highest BCUT2D eigenvalue weighted by Gasteiger charge is 2.19. The van der Waals surface area contributed by atoms with Gasteiger partial charge in [0.2, 0.25) is 0 Å². The number of nitrogens with zero attached hydrogens (tertiary/aromatic N) is 1. The summed E-state index contributed by atoms with van der Waals surface area (Å²) in [5.74, 6) is 0.778. The van der Waals surface area contributed by atoms with E-state index < -0.39 is 0 Å². The normalized spacial score (nSPS) is 26.5. The monoisotopic (exact) mass is 171 g/mol. The van der Waals surface area contributed by atoms with Crippen LogP contribution in [0.5, 0.6) is 0 Å². The maximum absolute atomic E-state index is 5.36. The highest BCUT2D eigenvalue weighted by molar-refractivity contribution is 4.73. The second-order valence-electron chi connectivity index (χ2n) is 4.15. The predicted molar refractivity (Wildman–Crippen MR) is 51.3 cm³/mol. The molecule has 1 heterocycles. The molecule has 0 spiro atoms. The smallest absolute Gasteiger partial charge is 0.0698 e. The fourth-order valence-corrected chi connectivity index (χ4v) is 1.89. The molecule has 1 rings (SSSR count). The van der Waals surface area contributed by atoms with Crippen molar-refractivity contribution in [3.63, 3.8) is 0 Å². The van der Waals surface area contributed by atoms with Crippen molar-refractivity contribution >= 4 is 0 Å². The molecule has 1 atom stereocenters. The Kier molecular flexibility index (Phi) is 4.02. The Labute approximate surface area is 75.9 Å². The van der Waals surface area contributed by atoms with Gasteiger partial charge in [-0.15, -0.1) is 0 Å². The molecule has 0 amide bonds. The molecule has 2 nitrogen and oxygen atoms in total. The minimum absolute atomic E-state index is 0.484. The largest absolute Gasteiger partial charge is 0.380 e. The van der Waals surface area contributed by atoms with E-state index in [1.807, 2.05) is 7.11 Å². The molecule has 0 aromatic heterocycles. The zero-order chi connectivity index (χ0) is 8.97. The Bertz CT molecular complexity index is 125. The van der Waals surface area contributed by atoms with Crippen LogP contribution in [0.15, 0.2) is 0 Å². The summed E-state index contributed by atoms with van der Waals surface area (Å²) in [6.45, 7) is 8.17. The van der Waals surface area contributed by atoms with Crippen molar-refractivity contribution in [3.8, 4) is 0 Å². The van der Waals surface area contributed by atoms with Crippen LogP contribution in [0.2, 0.25) is 0 Å². The highest BCUT2D eigenvalue weighted by Crippen LogP contribution is 2.13. The third kappa shape index (κ3) is 3.11. The maximum atomic E-state index is 5.36. The van der Waals surface area contributed by atoms with Crippen LogP contribution in [-0.2, 0) is 4.74 Å². The van der Waals surface area contributed by atoms with E-state index in [0.29, 0.717) is 6.10 Å². The van der Waals surface area contributed by atoms with E-state index >= 15 is 0 Å². The van der Waals surface area contributed by atoms with E-state index in [1.54, 1.807) is 0 Å². The number of ether oxygens (including phenoxy) is 1. The van der Waals surface area contributed by atoms with Gasteiger partial charge in [-0.05, 0) is 25.3 Å². The standard InChI is InChI=1S/C10H21NO/c1-9(2)7-11-6-4-5-10(8-11)12-3/h9-10H,4-8H2,1-3H3/t10-/m1/s1. The van der Waals surface area contributed by atoms with E-state index in [9.17, 15) is 0 Å². The first-order valence-corrected chi connectivity index (χ1v) is 4.97. The van der Waals surface area contributed by atoms with Crippen molar-refractivity contribution in [3.05, 3.63) is 0 Å². The van der Waals surface area contributed by atoms with E-state index in [1.165, 1.54) is 25.9 Å². The molecule has 0 N–H and O–H groups in total. The SMILES string of the molecule is CO[C@@H]1CCCN(CC(C)C)C1. The lowest BCUT2D eigenvalue weighted by Crippen LogP contribution is -2.40. The second-order valence-corrected chi connectivity index (χ2v) is 4.15. The molecule has 0 saturated carbocycles. The van der Waals surface area contributed by atoms with Crippen LogP contribution < -0.4 is 0 Å². The minimum Gasteiger partial charge on any atom is -0.380 e. The third-order valence-corrected chi connectivity index (χ3v) is 2.42. The van der Waals surface area contributed by atoms with E-state index in [-0.39, 0.29) is 0 Å². The number of rotatable bonds is 3. The van der Waals surface area contributed by atoms with Gasteiger partial charge in [-0.2, -0.15) is 0 Å². The molecule has 1 aliphatic heterocycles. The van der Waals surface area contributed by atoms with Crippen molar-refractivity contribution in [2.24, 2.45) is 5.92 Å². The lowest BCUT2D eigenvalue weighted by atomic mass is 10.1. The predicted octanol–water partition coefficient (Wildman–Crippen LogP) is 1.75. The molecule has 0 bridgehead atoms. The molecule has 2 heteroatoms. The Morgan fingerprint density at radius 2 is 2.25 bits per heavy atom. The van der Waals surface area contributed by atoms with Crippen molar-refractivity contribution in [1.82, 2.24) is 4.90 Å². The molecule has 1 fully saturated rings. The van der Waals surface area contributed by atoms with Gasteiger partial charge in [0, 0.05) is 20.2 Å². The first-order chi connectivity index (χ1) is 5.72. The van der Waals surface area contributed by atoms with Crippen LogP contribution in [0.4, 0.5) is 0 Å². The fourth-order valence-electron chi connectivity index (χ4n) is 1.89. The molecule has 0 radical (unpaired) electrons. The Hall–Kier alpha value is -0.0800. The Balaban J connectivity index is 2.25. The summed E-state index contributed by atoms with van der Waals surface area (Å²) in [7, 11) is 1.82. The molecular formula is C10H21NO. The average Bonchev–Trinajstić information content (AvgIpc) is 2.03. The van der Waals surface area contributed by atoms with Gasteiger partial charge in [0.25, 0.3) is 0 Å². The van der Waals surface area contributed by atoms with E-state index in [2.05, 4.69) is 18.7 Å². The van der Waals surface area contributed by atoms with Crippen LogP contribution in [-0.4, -0.2) is 37.7 Å². The quantitative estimate of drug-likeness (QED) is 0.641. The number of hydrogen-bond donors (Lipinski definition) is 0. The van der Waals surface area contributed by atoms with Gasteiger partial charge < -0.3 is 9.64 Å². The van der Waals surface area contributed by atoms with Gasteiger partial charge in [-0.25, -0.2) is 0 Å². The summed E-state index contributed by atoms with van der Waals surface area (Å²) < 4.78 is 5.36. The Morgan fingerprint density at radius 1 is 1.50 bits per heavy atom. The lowest BCUT2D eigenvalue weighted by molar-refractivity contribution is 0.0276. The number of piperidine rings is 1. The third-order valence-electron chi connectivity index (χ3n) is 2.42. The van der Waals surface area contributed by atoms with Crippen molar-refractivity contribution in [2.75, 3.05) is 26.7 Å². The summed E-state index contributed by atoms with van der Waals surface area (Å²) in [4.78, 5) is 2.52. The Morgan fingerprint density at radius 3 is 2.83 bits per heavy atom. The van der Waals surface area contributed by atoms with Gasteiger partial charge >= 0.3 is 0 Å².